The fourth-order valence-electron chi connectivity index (χ4n) is 2.92. The van der Waals surface area contributed by atoms with Crippen LogP contribution in [0.5, 0.6) is 5.75 Å². The molecule has 0 aromatic heterocycles. The van der Waals surface area contributed by atoms with Crippen molar-refractivity contribution in [3.63, 3.8) is 0 Å². The number of sulfonamides is 1. The van der Waals surface area contributed by atoms with E-state index in [1.165, 1.54) is 12.6 Å². The summed E-state index contributed by atoms with van der Waals surface area (Å²) < 4.78 is 29.3. The van der Waals surface area contributed by atoms with Gasteiger partial charge in [-0.15, -0.1) is 0 Å². The van der Waals surface area contributed by atoms with E-state index in [2.05, 4.69) is 0 Å². The third-order valence-corrected chi connectivity index (χ3v) is 5.80. The van der Waals surface area contributed by atoms with E-state index in [9.17, 15) is 13.2 Å². The third kappa shape index (κ3) is 4.95. The van der Waals surface area contributed by atoms with E-state index in [4.69, 9.17) is 4.74 Å². The molecular weight excluding hydrogens is 328 g/mol. The molecule has 0 saturated carbocycles. The van der Waals surface area contributed by atoms with Gasteiger partial charge in [0, 0.05) is 26.1 Å². The predicted octanol–water partition coefficient (Wildman–Crippen LogP) is 1.68. The van der Waals surface area contributed by atoms with Gasteiger partial charge in [-0.05, 0) is 30.5 Å². The lowest BCUT2D eigenvalue weighted by Crippen LogP contribution is -2.42. The van der Waals surface area contributed by atoms with Crippen LogP contribution < -0.4 is 4.74 Å². The van der Waals surface area contributed by atoms with Gasteiger partial charge in [-0.1, -0.05) is 18.6 Å². The molecule has 1 atom stereocenters. The second kappa shape index (κ2) is 7.98. The van der Waals surface area contributed by atoms with Gasteiger partial charge in [0.15, 0.2) is 0 Å². The van der Waals surface area contributed by atoms with Gasteiger partial charge in [0.1, 0.15) is 5.75 Å². The van der Waals surface area contributed by atoms with Crippen LogP contribution in [0.2, 0.25) is 0 Å². The first-order valence-corrected chi connectivity index (χ1v) is 9.99. The SMILES string of the molecule is COc1ccc(C2CCCCN(C(=O)CN(C)S(C)(=O)=O)C2)cc1. The number of likely N-dealkylation sites (N-methyl/N-ethyl adjacent to an activating group) is 1. The molecule has 7 heteroatoms. The molecule has 1 unspecified atom stereocenters. The standard InChI is InChI=1S/C17H26N2O4S/c1-18(24(3,21)22)13-17(20)19-11-5-4-6-15(12-19)14-7-9-16(23-2)10-8-14/h7-10,15H,4-6,11-13H2,1-3H3. The molecular formula is C17H26N2O4S. The van der Waals surface area contributed by atoms with E-state index in [1.54, 1.807) is 12.0 Å². The molecule has 6 nitrogen and oxygen atoms in total. The van der Waals surface area contributed by atoms with Crippen molar-refractivity contribution in [3.8, 4) is 5.75 Å². The maximum Gasteiger partial charge on any atom is 0.237 e. The second-order valence-corrected chi connectivity index (χ2v) is 8.41. The Balaban J connectivity index is 2.07. The zero-order chi connectivity index (χ0) is 17.7. The van der Waals surface area contributed by atoms with E-state index in [1.807, 2.05) is 24.3 Å². The molecule has 24 heavy (non-hydrogen) atoms. The monoisotopic (exact) mass is 354 g/mol. The summed E-state index contributed by atoms with van der Waals surface area (Å²) in [5.74, 6) is 0.948. The summed E-state index contributed by atoms with van der Waals surface area (Å²) in [7, 11) is -0.272. The summed E-state index contributed by atoms with van der Waals surface area (Å²) in [4.78, 5) is 14.3. The van der Waals surface area contributed by atoms with Gasteiger partial charge in [0.2, 0.25) is 15.9 Å². The smallest absolute Gasteiger partial charge is 0.237 e. The molecule has 0 bridgehead atoms. The Morgan fingerprint density at radius 1 is 1.29 bits per heavy atom. The molecule has 1 aliphatic rings. The fourth-order valence-corrected chi connectivity index (χ4v) is 3.27. The van der Waals surface area contributed by atoms with E-state index < -0.39 is 10.0 Å². The first-order chi connectivity index (χ1) is 11.3. The number of nitrogens with zero attached hydrogens (tertiary/aromatic N) is 2. The van der Waals surface area contributed by atoms with Crippen molar-refractivity contribution in [1.29, 1.82) is 0 Å². The van der Waals surface area contributed by atoms with Gasteiger partial charge in [-0.2, -0.15) is 4.31 Å². The molecule has 1 fully saturated rings. The lowest BCUT2D eigenvalue weighted by molar-refractivity contribution is -0.131. The lowest BCUT2D eigenvalue weighted by Gasteiger charge is -2.26. The van der Waals surface area contributed by atoms with E-state index in [0.717, 1.165) is 35.6 Å². The highest BCUT2D eigenvalue weighted by molar-refractivity contribution is 7.88. The summed E-state index contributed by atoms with van der Waals surface area (Å²) in [6.45, 7) is 1.21. The Labute approximate surface area is 144 Å². The minimum absolute atomic E-state index is 0.103. The molecule has 1 saturated heterocycles. The number of carbonyl (C=O) groups is 1. The first-order valence-electron chi connectivity index (χ1n) is 8.14. The van der Waals surface area contributed by atoms with Crippen LogP contribution in [0.1, 0.15) is 30.7 Å². The van der Waals surface area contributed by atoms with Crippen LogP contribution in [0.25, 0.3) is 0 Å². The second-order valence-electron chi connectivity index (χ2n) is 6.32. The van der Waals surface area contributed by atoms with Crippen molar-refractivity contribution in [2.75, 3.05) is 40.0 Å². The van der Waals surface area contributed by atoms with Crippen molar-refractivity contribution >= 4 is 15.9 Å². The number of rotatable bonds is 5. The molecule has 1 amide bonds. The Bertz CT molecular complexity index is 658. The molecule has 1 heterocycles. The largest absolute Gasteiger partial charge is 0.497 e. The minimum atomic E-state index is -3.35. The van der Waals surface area contributed by atoms with Gasteiger partial charge in [-0.3, -0.25) is 4.79 Å². The number of likely N-dealkylation sites (tertiary alicyclic amines) is 1. The van der Waals surface area contributed by atoms with Crippen LogP contribution in [0.15, 0.2) is 24.3 Å². The van der Waals surface area contributed by atoms with Gasteiger partial charge in [-0.25, -0.2) is 8.42 Å². The first kappa shape index (κ1) is 18.7. The van der Waals surface area contributed by atoms with Crippen molar-refractivity contribution in [2.24, 2.45) is 0 Å². The average molecular weight is 354 g/mol. The number of carbonyl (C=O) groups excluding carboxylic acids is 1. The number of hydrogen-bond donors (Lipinski definition) is 0. The molecule has 0 aliphatic carbocycles. The molecule has 0 spiro atoms. The van der Waals surface area contributed by atoms with Crippen molar-refractivity contribution in [1.82, 2.24) is 9.21 Å². The molecule has 1 aromatic rings. The predicted molar refractivity (Wildman–Crippen MR) is 93.6 cm³/mol. The Morgan fingerprint density at radius 2 is 1.96 bits per heavy atom. The molecule has 1 aliphatic heterocycles. The van der Waals surface area contributed by atoms with Crippen molar-refractivity contribution < 1.29 is 17.9 Å². The number of benzene rings is 1. The Kier molecular flexibility index (Phi) is 6.23. The van der Waals surface area contributed by atoms with Crippen molar-refractivity contribution in [3.05, 3.63) is 29.8 Å². The summed E-state index contributed by atoms with van der Waals surface area (Å²) in [5.41, 5.74) is 1.19. The number of ether oxygens (including phenoxy) is 1. The zero-order valence-corrected chi connectivity index (χ0v) is 15.4. The molecule has 0 radical (unpaired) electrons. The van der Waals surface area contributed by atoms with Crippen LogP contribution in [0, 0.1) is 0 Å². The minimum Gasteiger partial charge on any atom is -0.497 e. The highest BCUT2D eigenvalue weighted by Crippen LogP contribution is 2.28. The highest BCUT2D eigenvalue weighted by Gasteiger charge is 2.25. The van der Waals surface area contributed by atoms with Gasteiger partial charge in [0.05, 0.1) is 19.9 Å². The normalized spacial score (nSPS) is 19.2. The van der Waals surface area contributed by atoms with Crippen LogP contribution in [0.4, 0.5) is 0 Å². The highest BCUT2D eigenvalue weighted by atomic mass is 32.2. The lowest BCUT2D eigenvalue weighted by atomic mass is 9.94. The number of methoxy groups -OCH3 is 1. The maximum atomic E-state index is 12.5. The van der Waals surface area contributed by atoms with Crippen molar-refractivity contribution in [2.45, 2.75) is 25.2 Å². The molecule has 0 N–H and O–H groups in total. The molecule has 2 rings (SSSR count). The quantitative estimate of drug-likeness (QED) is 0.807. The van der Waals surface area contributed by atoms with E-state index in [-0.39, 0.29) is 18.4 Å². The summed E-state index contributed by atoms with van der Waals surface area (Å²) in [6.07, 6.45) is 4.14. The van der Waals surface area contributed by atoms with Crippen LogP contribution >= 0.6 is 0 Å². The van der Waals surface area contributed by atoms with Crippen LogP contribution in [-0.4, -0.2) is 63.6 Å². The Morgan fingerprint density at radius 3 is 2.54 bits per heavy atom. The van der Waals surface area contributed by atoms with E-state index >= 15 is 0 Å². The summed E-state index contributed by atoms with van der Waals surface area (Å²) in [5, 5.41) is 0. The number of amides is 1. The Hall–Kier alpha value is -1.60. The topological polar surface area (TPSA) is 66.9 Å². The van der Waals surface area contributed by atoms with Crippen LogP contribution in [0.3, 0.4) is 0 Å². The maximum absolute atomic E-state index is 12.5. The number of hydrogen-bond acceptors (Lipinski definition) is 4. The zero-order valence-electron chi connectivity index (χ0n) is 14.6. The third-order valence-electron chi connectivity index (χ3n) is 4.54. The van der Waals surface area contributed by atoms with Crippen LogP contribution in [-0.2, 0) is 14.8 Å². The van der Waals surface area contributed by atoms with Gasteiger partial charge >= 0.3 is 0 Å². The molecule has 134 valence electrons. The van der Waals surface area contributed by atoms with Gasteiger partial charge < -0.3 is 9.64 Å². The summed E-state index contributed by atoms with van der Waals surface area (Å²) in [6, 6.07) is 7.95. The average Bonchev–Trinajstić information content (AvgIpc) is 2.80. The van der Waals surface area contributed by atoms with E-state index in [0.29, 0.717) is 13.1 Å². The molecule has 1 aromatic carbocycles. The van der Waals surface area contributed by atoms with Gasteiger partial charge in [0.25, 0.3) is 0 Å². The summed E-state index contributed by atoms with van der Waals surface area (Å²) >= 11 is 0. The fraction of sp³-hybridized carbons (Fsp3) is 0.588.